The van der Waals surface area contributed by atoms with Gasteiger partial charge in [-0.25, -0.2) is 0 Å². The van der Waals surface area contributed by atoms with E-state index in [1.165, 1.54) is 18.2 Å². The molecule has 3 rings (SSSR count). The molecule has 3 aromatic rings. The van der Waals surface area contributed by atoms with Gasteiger partial charge >= 0.3 is 0 Å². The molecule has 3 amide bonds. The SMILES string of the molecule is CCCN(CCC)C(=O)c1cc(C(N)=O)cc(C(=O)N[C@H](Cc2ccc(C)cc2)[C@@H](O)CNCc2cccc(OC)c2)c1. The summed E-state index contributed by atoms with van der Waals surface area (Å²) in [5, 5.41) is 17.4. The zero-order valence-corrected chi connectivity index (χ0v) is 25.6. The standard InChI is InChI=1S/C34H44N4O5/c1-5-14-38(15-6-2)34(42)28-19-26(32(35)40)18-27(20-28)33(41)37-30(17-24-12-10-23(3)11-13-24)31(39)22-36-21-25-8-7-9-29(16-25)43-4/h7-13,16,18-20,30-31,36,39H,5-6,14-15,17,21-22H2,1-4H3,(H2,35,40)(H,37,41)/t30-,31+/m1/s1. The van der Waals surface area contributed by atoms with Crippen molar-refractivity contribution in [2.45, 2.75) is 58.7 Å². The molecule has 0 saturated heterocycles. The van der Waals surface area contributed by atoms with E-state index in [0.29, 0.717) is 26.1 Å². The van der Waals surface area contributed by atoms with Gasteiger partial charge in [0.2, 0.25) is 5.91 Å². The fourth-order valence-corrected chi connectivity index (χ4v) is 4.86. The van der Waals surface area contributed by atoms with Crippen LogP contribution >= 0.6 is 0 Å². The van der Waals surface area contributed by atoms with Gasteiger partial charge in [-0.3, -0.25) is 14.4 Å². The van der Waals surface area contributed by atoms with Gasteiger partial charge in [-0.05, 0) is 67.6 Å². The second-order valence-corrected chi connectivity index (χ2v) is 10.8. The van der Waals surface area contributed by atoms with Crippen LogP contribution in [-0.2, 0) is 13.0 Å². The van der Waals surface area contributed by atoms with E-state index in [1.54, 1.807) is 12.0 Å². The van der Waals surface area contributed by atoms with Crippen molar-refractivity contribution in [2.75, 3.05) is 26.7 Å². The number of nitrogens with one attached hydrogen (secondary N) is 2. The third-order valence-corrected chi connectivity index (χ3v) is 7.17. The molecule has 3 aromatic carbocycles. The quantitative estimate of drug-likeness (QED) is 0.201. The number of ether oxygens (including phenoxy) is 1. The zero-order valence-electron chi connectivity index (χ0n) is 25.6. The summed E-state index contributed by atoms with van der Waals surface area (Å²) in [7, 11) is 1.61. The van der Waals surface area contributed by atoms with Crippen LogP contribution in [-0.4, -0.2) is 66.6 Å². The number of aryl methyl sites for hydroxylation is 1. The minimum atomic E-state index is -0.944. The van der Waals surface area contributed by atoms with E-state index in [9.17, 15) is 19.5 Å². The Morgan fingerprint density at radius 3 is 2.19 bits per heavy atom. The Morgan fingerprint density at radius 1 is 0.907 bits per heavy atom. The monoisotopic (exact) mass is 588 g/mol. The van der Waals surface area contributed by atoms with Crippen molar-refractivity contribution >= 4 is 17.7 Å². The minimum Gasteiger partial charge on any atom is -0.497 e. The molecule has 0 radical (unpaired) electrons. The van der Waals surface area contributed by atoms with Crippen LogP contribution in [0.5, 0.6) is 5.75 Å². The smallest absolute Gasteiger partial charge is 0.253 e. The first-order valence-corrected chi connectivity index (χ1v) is 14.8. The number of amides is 3. The van der Waals surface area contributed by atoms with Gasteiger partial charge in [-0.1, -0.05) is 55.8 Å². The largest absolute Gasteiger partial charge is 0.497 e. The first-order chi connectivity index (χ1) is 20.6. The van der Waals surface area contributed by atoms with Crippen LogP contribution in [0.1, 0.15) is 74.5 Å². The molecule has 0 fully saturated rings. The third kappa shape index (κ3) is 9.94. The number of primary amides is 1. The normalized spacial score (nSPS) is 12.3. The molecule has 0 heterocycles. The highest BCUT2D eigenvalue weighted by Gasteiger charge is 2.24. The molecule has 0 aliphatic heterocycles. The van der Waals surface area contributed by atoms with Gasteiger partial charge in [0.1, 0.15) is 5.75 Å². The summed E-state index contributed by atoms with van der Waals surface area (Å²) in [5.41, 5.74) is 9.03. The predicted octanol–water partition coefficient (Wildman–Crippen LogP) is 3.86. The van der Waals surface area contributed by atoms with Crippen molar-refractivity contribution in [1.82, 2.24) is 15.5 Å². The molecule has 9 heteroatoms. The van der Waals surface area contributed by atoms with Crippen molar-refractivity contribution in [3.63, 3.8) is 0 Å². The highest BCUT2D eigenvalue weighted by Crippen LogP contribution is 2.16. The Balaban J connectivity index is 1.84. The summed E-state index contributed by atoms with van der Waals surface area (Å²) in [6.07, 6.45) is 0.981. The number of nitrogens with zero attached hydrogens (tertiary/aromatic N) is 1. The third-order valence-electron chi connectivity index (χ3n) is 7.17. The number of aliphatic hydroxyl groups excluding tert-OH is 1. The fraction of sp³-hybridized carbons (Fsp3) is 0.382. The lowest BCUT2D eigenvalue weighted by Crippen LogP contribution is -2.48. The number of rotatable bonds is 16. The average molecular weight is 589 g/mol. The van der Waals surface area contributed by atoms with Crippen molar-refractivity contribution in [2.24, 2.45) is 5.73 Å². The number of nitrogens with two attached hydrogens (primary N) is 1. The topological polar surface area (TPSA) is 134 Å². The Hall–Kier alpha value is -4.21. The zero-order chi connectivity index (χ0) is 31.4. The Kier molecular flexibility index (Phi) is 12.7. The highest BCUT2D eigenvalue weighted by molar-refractivity contribution is 6.04. The Bertz CT molecular complexity index is 1370. The summed E-state index contributed by atoms with van der Waals surface area (Å²) in [6.45, 7) is 7.79. The molecule has 0 aliphatic rings. The van der Waals surface area contributed by atoms with Gasteiger partial charge in [0.05, 0.1) is 19.3 Å². The van der Waals surface area contributed by atoms with Gasteiger partial charge < -0.3 is 31.1 Å². The molecule has 0 spiro atoms. The van der Waals surface area contributed by atoms with E-state index in [4.69, 9.17) is 10.5 Å². The number of benzene rings is 3. The maximum Gasteiger partial charge on any atom is 0.253 e. The van der Waals surface area contributed by atoms with E-state index in [1.807, 2.05) is 69.3 Å². The molecule has 0 aromatic heterocycles. The van der Waals surface area contributed by atoms with Crippen molar-refractivity contribution in [3.8, 4) is 5.75 Å². The molecule has 0 saturated carbocycles. The predicted molar refractivity (Wildman–Crippen MR) is 168 cm³/mol. The number of carbonyl (C=O) groups is 3. The molecule has 9 nitrogen and oxygen atoms in total. The maximum atomic E-state index is 13.6. The molecule has 0 bridgehead atoms. The van der Waals surface area contributed by atoms with E-state index >= 15 is 0 Å². The molecule has 43 heavy (non-hydrogen) atoms. The lowest BCUT2D eigenvalue weighted by atomic mass is 9.98. The number of hydrogen-bond donors (Lipinski definition) is 4. The maximum absolute atomic E-state index is 13.6. The number of methoxy groups -OCH3 is 1. The lowest BCUT2D eigenvalue weighted by Gasteiger charge is -2.25. The first-order valence-electron chi connectivity index (χ1n) is 14.8. The average Bonchev–Trinajstić information content (AvgIpc) is 3.01. The van der Waals surface area contributed by atoms with Crippen molar-refractivity contribution < 1.29 is 24.2 Å². The van der Waals surface area contributed by atoms with E-state index in [-0.39, 0.29) is 29.1 Å². The van der Waals surface area contributed by atoms with E-state index in [2.05, 4.69) is 10.6 Å². The number of aliphatic hydroxyl groups is 1. The van der Waals surface area contributed by atoms with Gasteiger partial charge in [-0.15, -0.1) is 0 Å². The summed E-state index contributed by atoms with van der Waals surface area (Å²) in [6, 6.07) is 19.2. The Labute approximate surface area is 254 Å². The summed E-state index contributed by atoms with van der Waals surface area (Å²) in [5.74, 6) is -0.774. The second-order valence-electron chi connectivity index (χ2n) is 10.8. The highest BCUT2D eigenvalue weighted by atomic mass is 16.5. The van der Waals surface area contributed by atoms with Gasteiger partial charge in [-0.2, -0.15) is 0 Å². The molecular weight excluding hydrogens is 544 g/mol. The van der Waals surface area contributed by atoms with Crippen LogP contribution in [0.3, 0.4) is 0 Å². The van der Waals surface area contributed by atoms with E-state index in [0.717, 1.165) is 35.3 Å². The summed E-state index contributed by atoms with van der Waals surface area (Å²) < 4.78 is 5.29. The van der Waals surface area contributed by atoms with Crippen LogP contribution < -0.4 is 21.1 Å². The van der Waals surface area contributed by atoms with Crippen LogP contribution in [0, 0.1) is 6.92 Å². The van der Waals surface area contributed by atoms with Crippen molar-refractivity contribution in [1.29, 1.82) is 0 Å². The lowest BCUT2D eigenvalue weighted by molar-refractivity contribution is 0.0755. The van der Waals surface area contributed by atoms with Crippen LogP contribution in [0.4, 0.5) is 0 Å². The summed E-state index contributed by atoms with van der Waals surface area (Å²) in [4.78, 5) is 40.8. The summed E-state index contributed by atoms with van der Waals surface area (Å²) >= 11 is 0. The molecule has 2 atom stereocenters. The fourth-order valence-electron chi connectivity index (χ4n) is 4.86. The second kappa shape index (κ2) is 16.4. The van der Waals surface area contributed by atoms with Crippen LogP contribution in [0.2, 0.25) is 0 Å². The van der Waals surface area contributed by atoms with Crippen LogP contribution in [0.15, 0.2) is 66.7 Å². The molecule has 5 N–H and O–H groups in total. The Morgan fingerprint density at radius 2 is 1.56 bits per heavy atom. The van der Waals surface area contributed by atoms with Gasteiger partial charge in [0.15, 0.2) is 0 Å². The van der Waals surface area contributed by atoms with Crippen molar-refractivity contribution in [3.05, 3.63) is 100 Å². The number of hydrogen-bond acceptors (Lipinski definition) is 6. The van der Waals surface area contributed by atoms with Crippen LogP contribution in [0.25, 0.3) is 0 Å². The first kappa shape index (κ1) is 33.3. The molecule has 0 aliphatic carbocycles. The molecule has 230 valence electrons. The van der Waals surface area contributed by atoms with E-state index < -0.39 is 24.0 Å². The molecular formula is C34H44N4O5. The molecule has 0 unspecified atom stereocenters. The number of carbonyl (C=O) groups excluding carboxylic acids is 3. The van der Waals surface area contributed by atoms with Gasteiger partial charge in [0.25, 0.3) is 11.8 Å². The minimum absolute atomic E-state index is 0.0690. The van der Waals surface area contributed by atoms with Gasteiger partial charge in [0, 0.05) is 42.9 Å².